The molecular formula is C22H23NO2. The van der Waals surface area contributed by atoms with Crippen molar-refractivity contribution in [2.45, 2.75) is 32.8 Å². The minimum atomic E-state index is 0.250. The molecule has 1 fully saturated rings. The minimum absolute atomic E-state index is 0.250. The quantitative estimate of drug-likeness (QED) is 0.690. The zero-order valence-electron chi connectivity index (χ0n) is 14.8. The van der Waals surface area contributed by atoms with E-state index in [2.05, 4.69) is 56.3 Å². The van der Waals surface area contributed by atoms with Crippen molar-refractivity contribution in [3.05, 3.63) is 65.0 Å². The molecule has 3 nitrogen and oxygen atoms in total. The lowest BCUT2D eigenvalue weighted by Crippen LogP contribution is -2.13. The van der Waals surface area contributed by atoms with Gasteiger partial charge >= 0.3 is 0 Å². The summed E-state index contributed by atoms with van der Waals surface area (Å²) < 4.78 is 11.9. The Morgan fingerprint density at radius 3 is 2.56 bits per heavy atom. The molecule has 0 spiro atoms. The molecule has 1 aliphatic rings. The topological polar surface area (TPSA) is 34.7 Å². The van der Waals surface area contributed by atoms with Gasteiger partial charge in [-0.3, -0.25) is 4.99 Å². The molecule has 1 aromatic heterocycles. The molecular weight excluding hydrogens is 310 g/mol. The molecule has 0 aliphatic carbocycles. The van der Waals surface area contributed by atoms with E-state index in [1.54, 1.807) is 0 Å². The highest BCUT2D eigenvalue weighted by atomic mass is 16.5. The van der Waals surface area contributed by atoms with Gasteiger partial charge in [0, 0.05) is 23.6 Å². The first-order chi connectivity index (χ1) is 12.2. The third kappa shape index (κ3) is 3.52. The zero-order chi connectivity index (χ0) is 17.2. The maximum atomic E-state index is 6.16. The molecule has 0 saturated carbocycles. The maximum absolute atomic E-state index is 6.16. The standard InChI is InChI=1S/C22H23NO2/c1-15-5-8-17(9-6-15)22-13-20(23-14-18-4-3-11-24-18)19-12-16(2)7-10-21(19)25-22/h5-10,12-13,18H,3-4,11,14H2,1-2H3/t18-/m1/s1. The number of fused-ring (bicyclic) bond motifs is 1. The summed E-state index contributed by atoms with van der Waals surface area (Å²) in [6.07, 6.45) is 2.49. The van der Waals surface area contributed by atoms with Crippen molar-refractivity contribution >= 4 is 11.0 Å². The van der Waals surface area contributed by atoms with Crippen LogP contribution in [0.4, 0.5) is 0 Å². The highest BCUT2D eigenvalue weighted by Gasteiger charge is 2.14. The van der Waals surface area contributed by atoms with Gasteiger partial charge in [0.2, 0.25) is 0 Å². The fraction of sp³-hybridized carbons (Fsp3) is 0.318. The summed E-state index contributed by atoms with van der Waals surface area (Å²) in [6.45, 7) is 5.75. The van der Waals surface area contributed by atoms with E-state index >= 15 is 0 Å². The highest BCUT2D eigenvalue weighted by Crippen LogP contribution is 2.23. The molecule has 1 saturated heterocycles. The zero-order valence-corrected chi connectivity index (χ0v) is 14.8. The molecule has 0 N–H and O–H groups in total. The summed E-state index contributed by atoms with van der Waals surface area (Å²) in [7, 11) is 0. The van der Waals surface area contributed by atoms with Gasteiger partial charge in [0.25, 0.3) is 0 Å². The van der Waals surface area contributed by atoms with Crippen molar-refractivity contribution < 1.29 is 9.15 Å². The SMILES string of the molecule is Cc1ccc(-c2cc(=NC[C@H]3CCCO3)c3cc(C)ccc3o2)cc1. The third-order valence-corrected chi connectivity index (χ3v) is 4.72. The van der Waals surface area contributed by atoms with E-state index in [0.717, 1.165) is 47.1 Å². The predicted octanol–water partition coefficient (Wildman–Crippen LogP) is 4.80. The Kier molecular flexibility index (Phi) is 4.41. The van der Waals surface area contributed by atoms with Gasteiger partial charge in [-0.2, -0.15) is 0 Å². The Morgan fingerprint density at radius 1 is 1.00 bits per heavy atom. The summed E-state index contributed by atoms with van der Waals surface area (Å²) in [4.78, 5) is 4.88. The predicted molar refractivity (Wildman–Crippen MR) is 101 cm³/mol. The van der Waals surface area contributed by atoms with E-state index in [1.807, 2.05) is 6.07 Å². The second-order valence-electron chi connectivity index (χ2n) is 6.84. The lowest BCUT2D eigenvalue weighted by atomic mass is 10.1. The van der Waals surface area contributed by atoms with E-state index < -0.39 is 0 Å². The second-order valence-corrected chi connectivity index (χ2v) is 6.84. The average Bonchev–Trinajstić information content (AvgIpc) is 3.14. The van der Waals surface area contributed by atoms with E-state index in [9.17, 15) is 0 Å². The molecule has 128 valence electrons. The first kappa shape index (κ1) is 16.1. The first-order valence-corrected chi connectivity index (χ1v) is 8.93. The van der Waals surface area contributed by atoms with Gasteiger partial charge < -0.3 is 9.15 Å². The second kappa shape index (κ2) is 6.85. The monoisotopic (exact) mass is 333 g/mol. The van der Waals surface area contributed by atoms with Crippen molar-refractivity contribution in [2.75, 3.05) is 13.2 Å². The number of nitrogens with zero attached hydrogens (tertiary/aromatic N) is 1. The van der Waals surface area contributed by atoms with Crippen molar-refractivity contribution in [3.63, 3.8) is 0 Å². The maximum Gasteiger partial charge on any atom is 0.136 e. The van der Waals surface area contributed by atoms with Crippen LogP contribution in [0.1, 0.15) is 24.0 Å². The number of hydrogen-bond acceptors (Lipinski definition) is 3. The van der Waals surface area contributed by atoms with E-state index in [1.165, 1.54) is 11.1 Å². The molecule has 25 heavy (non-hydrogen) atoms. The molecule has 4 rings (SSSR count). The fourth-order valence-corrected chi connectivity index (χ4v) is 3.26. The van der Waals surface area contributed by atoms with Crippen molar-refractivity contribution in [1.82, 2.24) is 0 Å². The van der Waals surface area contributed by atoms with Gasteiger partial charge in [0.15, 0.2) is 0 Å². The van der Waals surface area contributed by atoms with Crippen LogP contribution >= 0.6 is 0 Å². The molecule has 1 atom stereocenters. The molecule has 2 heterocycles. The van der Waals surface area contributed by atoms with Crippen LogP contribution < -0.4 is 5.36 Å². The summed E-state index contributed by atoms with van der Waals surface area (Å²) in [5.74, 6) is 0.849. The summed E-state index contributed by atoms with van der Waals surface area (Å²) >= 11 is 0. The fourth-order valence-electron chi connectivity index (χ4n) is 3.26. The lowest BCUT2D eigenvalue weighted by Gasteiger charge is -2.08. The van der Waals surface area contributed by atoms with Gasteiger partial charge in [0.1, 0.15) is 11.3 Å². The number of rotatable bonds is 3. The van der Waals surface area contributed by atoms with Crippen molar-refractivity contribution in [1.29, 1.82) is 0 Å². The lowest BCUT2D eigenvalue weighted by molar-refractivity contribution is 0.117. The summed E-state index contributed by atoms with van der Waals surface area (Å²) in [5, 5.41) is 2.05. The van der Waals surface area contributed by atoms with Crippen molar-refractivity contribution in [2.24, 2.45) is 4.99 Å². The van der Waals surface area contributed by atoms with Gasteiger partial charge in [0.05, 0.1) is 18.0 Å². The molecule has 2 aromatic carbocycles. The Bertz CT molecular complexity index is 948. The smallest absolute Gasteiger partial charge is 0.136 e. The van der Waals surface area contributed by atoms with Gasteiger partial charge in [-0.1, -0.05) is 41.5 Å². The van der Waals surface area contributed by atoms with Gasteiger partial charge in [-0.25, -0.2) is 0 Å². The van der Waals surface area contributed by atoms with E-state index in [-0.39, 0.29) is 6.10 Å². The average molecular weight is 333 g/mol. The Morgan fingerprint density at radius 2 is 1.80 bits per heavy atom. The normalized spacial score (nSPS) is 18.2. The van der Waals surface area contributed by atoms with Crippen LogP contribution in [0, 0.1) is 13.8 Å². The molecule has 3 heteroatoms. The van der Waals surface area contributed by atoms with Gasteiger partial charge in [-0.15, -0.1) is 0 Å². The largest absolute Gasteiger partial charge is 0.456 e. The number of aryl methyl sites for hydroxylation is 2. The first-order valence-electron chi connectivity index (χ1n) is 8.93. The Labute approximate surface area is 148 Å². The van der Waals surface area contributed by atoms with Crippen LogP contribution in [0.15, 0.2) is 57.9 Å². The Hall–Kier alpha value is -2.39. The minimum Gasteiger partial charge on any atom is -0.456 e. The van der Waals surface area contributed by atoms with E-state index in [4.69, 9.17) is 14.1 Å². The van der Waals surface area contributed by atoms with Gasteiger partial charge in [-0.05, 0) is 38.8 Å². The molecule has 0 amide bonds. The van der Waals surface area contributed by atoms with E-state index in [0.29, 0.717) is 6.54 Å². The van der Waals surface area contributed by atoms with Crippen LogP contribution in [0.5, 0.6) is 0 Å². The molecule has 0 bridgehead atoms. The van der Waals surface area contributed by atoms with Crippen LogP contribution in [-0.2, 0) is 4.74 Å². The number of benzene rings is 2. The summed E-state index contributed by atoms with van der Waals surface area (Å²) in [5.41, 5.74) is 4.39. The summed E-state index contributed by atoms with van der Waals surface area (Å²) in [6, 6.07) is 16.7. The number of ether oxygens (including phenoxy) is 1. The van der Waals surface area contributed by atoms with Crippen LogP contribution in [0.2, 0.25) is 0 Å². The van der Waals surface area contributed by atoms with Crippen LogP contribution in [-0.4, -0.2) is 19.3 Å². The Balaban J connectivity index is 1.83. The highest BCUT2D eigenvalue weighted by molar-refractivity contribution is 5.79. The molecule has 1 aliphatic heterocycles. The third-order valence-electron chi connectivity index (χ3n) is 4.72. The molecule has 0 unspecified atom stereocenters. The number of hydrogen-bond donors (Lipinski definition) is 0. The molecule has 3 aromatic rings. The van der Waals surface area contributed by atoms with Crippen LogP contribution in [0.3, 0.4) is 0 Å². The van der Waals surface area contributed by atoms with Crippen LogP contribution in [0.25, 0.3) is 22.3 Å². The van der Waals surface area contributed by atoms with Crippen molar-refractivity contribution in [3.8, 4) is 11.3 Å². The molecule has 0 radical (unpaired) electrons.